The normalized spacial score (nSPS) is 11.0. The summed E-state index contributed by atoms with van der Waals surface area (Å²) in [5, 5.41) is 2.82. The van der Waals surface area contributed by atoms with Crippen molar-refractivity contribution in [3.05, 3.63) is 83.9 Å². The second-order valence-corrected chi connectivity index (χ2v) is 10.2. The number of nitrogens with zero attached hydrogens (tertiary/aromatic N) is 1. The number of carbonyl (C=O) groups excluding carboxylic acids is 1. The number of benzene rings is 3. The van der Waals surface area contributed by atoms with Gasteiger partial charge in [-0.2, -0.15) is 0 Å². The molecule has 0 aromatic heterocycles. The summed E-state index contributed by atoms with van der Waals surface area (Å²) in [4.78, 5) is 13.4. The van der Waals surface area contributed by atoms with Gasteiger partial charge in [0.1, 0.15) is 18.1 Å². The highest BCUT2D eigenvalue weighted by atomic mass is 32.2. The van der Waals surface area contributed by atoms with Gasteiger partial charge in [0.2, 0.25) is 10.0 Å². The van der Waals surface area contributed by atoms with Crippen molar-refractivity contribution in [2.24, 2.45) is 0 Å². The van der Waals surface area contributed by atoms with Crippen molar-refractivity contribution in [2.45, 2.75) is 11.4 Å². The van der Waals surface area contributed by atoms with Crippen LogP contribution >= 0.6 is 11.8 Å². The summed E-state index contributed by atoms with van der Waals surface area (Å²) >= 11 is 1.55. The largest absolute Gasteiger partial charge is 0.497 e. The number of sulfonamides is 1. The monoisotopic (exact) mass is 500 g/mol. The van der Waals surface area contributed by atoms with Gasteiger partial charge in [0.25, 0.3) is 5.91 Å². The molecule has 0 spiro atoms. The van der Waals surface area contributed by atoms with E-state index in [2.05, 4.69) is 5.32 Å². The fraction of sp³-hybridized carbons (Fsp3) is 0.240. The second-order valence-electron chi connectivity index (χ2n) is 7.45. The zero-order valence-corrected chi connectivity index (χ0v) is 21.0. The summed E-state index contributed by atoms with van der Waals surface area (Å²) < 4.78 is 37.0. The number of amides is 1. The number of hydrogen-bond acceptors (Lipinski definition) is 6. The van der Waals surface area contributed by atoms with E-state index >= 15 is 0 Å². The minimum Gasteiger partial charge on any atom is -0.497 e. The van der Waals surface area contributed by atoms with Gasteiger partial charge in [-0.3, -0.25) is 9.10 Å². The van der Waals surface area contributed by atoms with Gasteiger partial charge >= 0.3 is 0 Å². The third-order valence-electron chi connectivity index (χ3n) is 4.98. The predicted molar refractivity (Wildman–Crippen MR) is 137 cm³/mol. The van der Waals surface area contributed by atoms with E-state index in [-0.39, 0.29) is 12.5 Å². The third kappa shape index (κ3) is 7.16. The van der Waals surface area contributed by atoms with E-state index in [9.17, 15) is 13.2 Å². The van der Waals surface area contributed by atoms with Crippen LogP contribution in [-0.4, -0.2) is 47.1 Å². The zero-order valence-electron chi connectivity index (χ0n) is 19.4. The van der Waals surface area contributed by atoms with Gasteiger partial charge in [-0.05, 0) is 54.3 Å². The van der Waals surface area contributed by atoms with Crippen molar-refractivity contribution in [1.82, 2.24) is 5.32 Å². The SMILES string of the molecule is COc1cccc(OCCNC(=O)c2ccc(CN(c3cccc(SC)c3)S(C)(=O)=O)cc2)c1. The van der Waals surface area contributed by atoms with Gasteiger partial charge in [0.15, 0.2) is 0 Å². The molecule has 0 radical (unpaired) electrons. The number of nitrogens with one attached hydrogen (secondary N) is 1. The smallest absolute Gasteiger partial charge is 0.251 e. The molecule has 0 aliphatic heterocycles. The van der Waals surface area contributed by atoms with Crippen molar-refractivity contribution in [3.63, 3.8) is 0 Å². The highest BCUT2D eigenvalue weighted by Gasteiger charge is 2.18. The highest BCUT2D eigenvalue weighted by molar-refractivity contribution is 7.98. The van der Waals surface area contributed by atoms with Crippen molar-refractivity contribution in [3.8, 4) is 11.5 Å². The second kappa shape index (κ2) is 11.8. The number of methoxy groups -OCH3 is 1. The van der Waals surface area contributed by atoms with E-state index in [0.717, 1.165) is 10.5 Å². The van der Waals surface area contributed by atoms with E-state index in [4.69, 9.17) is 9.47 Å². The number of hydrogen-bond donors (Lipinski definition) is 1. The Labute approximate surface area is 205 Å². The molecule has 180 valence electrons. The maximum absolute atomic E-state index is 12.4. The van der Waals surface area contributed by atoms with Crippen molar-refractivity contribution < 1.29 is 22.7 Å². The van der Waals surface area contributed by atoms with Gasteiger partial charge in [0.05, 0.1) is 32.1 Å². The Bertz CT molecular complexity index is 1210. The Balaban J connectivity index is 1.58. The average Bonchev–Trinajstić information content (AvgIpc) is 2.85. The van der Waals surface area contributed by atoms with Crippen molar-refractivity contribution >= 4 is 33.4 Å². The Morgan fingerprint density at radius 3 is 2.38 bits per heavy atom. The first-order valence-corrected chi connectivity index (χ1v) is 13.6. The zero-order chi connectivity index (χ0) is 24.6. The van der Waals surface area contributed by atoms with Crippen LogP contribution < -0.4 is 19.1 Å². The molecule has 0 heterocycles. The van der Waals surface area contributed by atoms with Crippen LogP contribution in [0.25, 0.3) is 0 Å². The minimum absolute atomic E-state index is 0.174. The predicted octanol–water partition coefficient (Wildman–Crippen LogP) is 4.19. The first kappa shape index (κ1) is 25.5. The fourth-order valence-corrected chi connectivity index (χ4v) is 4.55. The molecule has 0 unspecified atom stereocenters. The fourth-order valence-electron chi connectivity index (χ4n) is 3.22. The summed E-state index contributed by atoms with van der Waals surface area (Å²) in [5.41, 5.74) is 1.87. The number of ether oxygens (including phenoxy) is 2. The number of thioether (sulfide) groups is 1. The maximum atomic E-state index is 12.4. The molecule has 9 heteroatoms. The van der Waals surface area contributed by atoms with Crippen LogP contribution in [0.3, 0.4) is 0 Å². The number of rotatable bonds is 11. The van der Waals surface area contributed by atoms with Gasteiger partial charge in [0, 0.05) is 16.5 Å². The van der Waals surface area contributed by atoms with Crippen LogP contribution in [0, 0.1) is 0 Å². The molecule has 0 saturated carbocycles. The van der Waals surface area contributed by atoms with Crippen LogP contribution in [0.15, 0.2) is 77.7 Å². The first-order chi connectivity index (χ1) is 16.3. The first-order valence-electron chi connectivity index (χ1n) is 10.6. The molecule has 3 aromatic rings. The average molecular weight is 501 g/mol. The lowest BCUT2D eigenvalue weighted by atomic mass is 10.1. The number of carbonyl (C=O) groups is 1. The lowest BCUT2D eigenvalue weighted by Gasteiger charge is -2.23. The highest BCUT2D eigenvalue weighted by Crippen LogP contribution is 2.25. The van der Waals surface area contributed by atoms with Crippen molar-refractivity contribution in [2.75, 3.05) is 37.1 Å². The Hall–Kier alpha value is -3.17. The summed E-state index contributed by atoms with van der Waals surface area (Å²) in [7, 11) is -1.90. The van der Waals surface area contributed by atoms with Gasteiger partial charge in [-0.15, -0.1) is 11.8 Å². The molecule has 34 heavy (non-hydrogen) atoms. The van der Waals surface area contributed by atoms with Crippen LogP contribution in [0.5, 0.6) is 11.5 Å². The van der Waals surface area contributed by atoms with Gasteiger partial charge in [-0.1, -0.05) is 24.3 Å². The topological polar surface area (TPSA) is 84.9 Å². The molecule has 0 atom stereocenters. The van der Waals surface area contributed by atoms with E-state index in [1.165, 1.54) is 10.6 Å². The molecule has 0 aliphatic rings. The quantitative estimate of drug-likeness (QED) is 0.314. The molecule has 3 rings (SSSR count). The van der Waals surface area contributed by atoms with Crippen LogP contribution in [-0.2, 0) is 16.6 Å². The number of anilines is 1. The third-order valence-corrected chi connectivity index (χ3v) is 6.85. The minimum atomic E-state index is -3.49. The molecular weight excluding hydrogens is 472 g/mol. The van der Waals surface area contributed by atoms with E-state index in [1.54, 1.807) is 55.3 Å². The molecule has 3 aromatic carbocycles. The Kier molecular flexibility index (Phi) is 8.84. The Morgan fingerprint density at radius 2 is 1.71 bits per heavy atom. The van der Waals surface area contributed by atoms with Gasteiger partial charge < -0.3 is 14.8 Å². The Morgan fingerprint density at radius 1 is 1.00 bits per heavy atom. The van der Waals surface area contributed by atoms with Crippen LogP contribution in [0.2, 0.25) is 0 Å². The standard InChI is InChI=1S/C25H28N2O5S2/c1-31-22-7-5-8-23(17-22)32-15-14-26-25(28)20-12-10-19(11-13-20)18-27(34(3,29)30)21-6-4-9-24(16-21)33-2/h4-13,16-17H,14-15,18H2,1-3H3,(H,26,28). The molecule has 0 saturated heterocycles. The summed E-state index contributed by atoms with van der Waals surface area (Å²) in [6, 6.07) is 21.5. The molecule has 0 bridgehead atoms. The lowest BCUT2D eigenvalue weighted by molar-refractivity contribution is 0.0947. The molecule has 0 aliphatic carbocycles. The maximum Gasteiger partial charge on any atom is 0.251 e. The van der Waals surface area contributed by atoms with E-state index < -0.39 is 10.0 Å². The lowest BCUT2D eigenvalue weighted by Crippen LogP contribution is -2.29. The van der Waals surface area contributed by atoms with Crippen molar-refractivity contribution in [1.29, 1.82) is 0 Å². The van der Waals surface area contributed by atoms with Crippen LogP contribution in [0.1, 0.15) is 15.9 Å². The van der Waals surface area contributed by atoms with Gasteiger partial charge in [-0.25, -0.2) is 8.42 Å². The summed E-state index contributed by atoms with van der Waals surface area (Å²) in [6.07, 6.45) is 3.13. The molecule has 1 amide bonds. The van der Waals surface area contributed by atoms with Crippen LogP contribution in [0.4, 0.5) is 5.69 Å². The summed E-state index contributed by atoms with van der Waals surface area (Å²) in [5.74, 6) is 1.14. The molecular formula is C25H28N2O5S2. The van der Waals surface area contributed by atoms with E-state index in [1.807, 2.05) is 42.7 Å². The van der Waals surface area contributed by atoms with E-state index in [0.29, 0.717) is 35.9 Å². The molecule has 0 fully saturated rings. The molecule has 1 N–H and O–H groups in total. The summed E-state index contributed by atoms with van der Waals surface area (Å²) in [6.45, 7) is 0.827. The molecule has 7 nitrogen and oxygen atoms in total.